The van der Waals surface area contributed by atoms with Crippen molar-refractivity contribution in [2.24, 2.45) is 0 Å². The van der Waals surface area contributed by atoms with E-state index in [1.165, 1.54) is 18.2 Å². The summed E-state index contributed by atoms with van der Waals surface area (Å²) in [5.41, 5.74) is 0.608. The Morgan fingerprint density at radius 3 is 2.38 bits per heavy atom. The predicted molar refractivity (Wildman–Crippen MR) is 86.5 cm³/mol. The fourth-order valence-electron chi connectivity index (χ4n) is 2.43. The van der Waals surface area contributed by atoms with Crippen LogP contribution in [0, 0.1) is 0 Å². The van der Waals surface area contributed by atoms with E-state index in [1.54, 1.807) is 12.1 Å². The van der Waals surface area contributed by atoms with Crippen molar-refractivity contribution in [2.75, 3.05) is 6.61 Å². The van der Waals surface area contributed by atoms with Gasteiger partial charge >= 0.3 is 11.9 Å². The van der Waals surface area contributed by atoms with Gasteiger partial charge in [0.2, 0.25) is 0 Å². The number of aromatic hydroxyl groups is 1. The highest BCUT2D eigenvalue weighted by Gasteiger charge is 2.48. The Morgan fingerprint density at radius 2 is 1.81 bits per heavy atom. The molecule has 1 aromatic rings. The van der Waals surface area contributed by atoms with Gasteiger partial charge in [0.25, 0.3) is 0 Å². The van der Waals surface area contributed by atoms with Crippen molar-refractivity contribution in [2.45, 2.75) is 37.6 Å². The molecule has 0 bridgehead atoms. The lowest BCUT2D eigenvalue weighted by molar-refractivity contribution is -0.292. The molecular formula is C17H20O9. The molecular weight excluding hydrogens is 348 g/mol. The summed E-state index contributed by atoms with van der Waals surface area (Å²) < 4.78 is 15.0. The fraction of sp³-hybridized carbons (Fsp3) is 0.412. The Morgan fingerprint density at radius 1 is 1.15 bits per heavy atom. The van der Waals surface area contributed by atoms with E-state index in [9.17, 15) is 24.9 Å². The van der Waals surface area contributed by atoms with Crippen LogP contribution in [0.2, 0.25) is 0 Å². The van der Waals surface area contributed by atoms with Crippen LogP contribution >= 0.6 is 0 Å². The second-order valence-electron chi connectivity index (χ2n) is 5.64. The molecule has 1 fully saturated rings. The quantitative estimate of drug-likeness (QED) is 0.392. The second kappa shape index (κ2) is 8.77. The summed E-state index contributed by atoms with van der Waals surface area (Å²) in [6.07, 6.45) is -4.80. The Bertz CT molecular complexity index is 655. The largest absolute Gasteiger partial charge is 0.508 e. The minimum absolute atomic E-state index is 0.0730. The van der Waals surface area contributed by atoms with E-state index in [2.05, 4.69) is 0 Å². The van der Waals surface area contributed by atoms with Gasteiger partial charge in [-0.2, -0.15) is 0 Å². The van der Waals surface area contributed by atoms with Crippen LogP contribution in [-0.4, -0.2) is 69.7 Å². The monoisotopic (exact) mass is 368 g/mol. The third kappa shape index (κ3) is 5.02. The van der Waals surface area contributed by atoms with Gasteiger partial charge in [0.15, 0.2) is 18.5 Å². The van der Waals surface area contributed by atoms with Gasteiger partial charge in [-0.1, -0.05) is 12.1 Å². The smallest absolute Gasteiger partial charge is 0.331 e. The minimum atomic E-state index is -1.70. The van der Waals surface area contributed by atoms with Crippen LogP contribution in [0.15, 0.2) is 30.3 Å². The molecule has 0 saturated carbocycles. The van der Waals surface area contributed by atoms with Gasteiger partial charge in [-0.3, -0.25) is 4.79 Å². The lowest BCUT2D eigenvalue weighted by Gasteiger charge is -2.40. The highest BCUT2D eigenvalue weighted by molar-refractivity contribution is 5.87. The molecule has 1 aromatic carbocycles. The van der Waals surface area contributed by atoms with Gasteiger partial charge in [0.1, 0.15) is 18.0 Å². The molecule has 0 unspecified atom stereocenters. The number of phenolic OH excluding ortho intramolecular Hbond substituents is 1. The Hall–Kier alpha value is -2.46. The number of aliphatic hydroxyl groups excluding tert-OH is 3. The summed E-state index contributed by atoms with van der Waals surface area (Å²) in [6, 6.07) is 6.00. The number of benzene rings is 1. The molecule has 5 atom stereocenters. The van der Waals surface area contributed by atoms with Crippen molar-refractivity contribution in [3.8, 4) is 5.75 Å². The number of carbonyl (C=O) groups excluding carboxylic acids is 2. The van der Waals surface area contributed by atoms with Crippen LogP contribution in [0.1, 0.15) is 12.5 Å². The van der Waals surface area contributed by atoms with Crippen LogP contribution in [0.3, 0.4) is 0 Å². The van der Waals surface area contributed by atoms with Crippen molar-refractivity contribution in [3.05, 3.63) is 35.9 Å². The first kappa shape index (κ1) is 19.9. The van der Waals surface area contributed by atoms with Crippen molar-refractivity contribution in [1.82, 2.24) is 0 Å². The zero-order chi connectivity index (χ0) is 19.3. The topological polar surface area (TPSA) is 143 Å². The lowest BCUT2D eigenvalue weighted by atomic mass is 9.99. The molecule has 1 aliphatic rings. The Balaban J connectivity index is 2.09. The van der Waals surface area contributed by atoms with E-state index >= 15 is 0 Å². The van der Waals surface area contributed by atoms with Crippen LogP contribution in [0.25, 0.3) is 6.08 Å². The third-order valence-corrected chi connectivity index (χ3v) is 3.68. The number of aliphatic hydroxyl groups is 3. The molecule has 0 spiro atoms. The molecule has 1 aliphatic heterocycles. The van der Waals surface area contributed by atoms with Gasteiger partial charge in [-0.25, -0.2) is 4.79 Å². The first-order chi connectivity index (χ1) is 12.3. The second-order valence-corrected chi connectivity index (χ2v) is 5.64. The van der Waals surface area contributed by atoms with Crippen molar-refractivity contribution < 1.29 is 44.2 Å². The van der Waals surface area contributed by atoms with Crippen LogP contribution < -0.4 is 0 Å². The predicted octanol–water partition coefficient (Wildman–Crippen LogP) is -0.681. The van der Waals surface area contributed by atoms with Crippen LogP contribution in [-0.2, 0) is 23.8 Å². The SMILES string of the molecule is CC(=O)O[C@H]1[C@@H](O)[C@H](CO)O[C@H](O)[C@@H]1OC(=O)C=Cc1ccc(O)cc1. The molecule has 1 heterocycles. The highest BCUT2D eigenvalue weighted by Crippen LogP contribution is 2.25. The van der Waals surface area contributed by atoms with Crippen molar-refractivity contribution >= 4 is 18.0 Å². The van der Waals surface area contributed by atoms with E-state index in [0.29, 0.717) is 5.56 Å². The number of ether oxygens (including phenoxy) is 3. The number of esters is 2. The molecule has 4 N–H and O–H groups in total. The Labute approximate surface area is 149 Å². The maximum atomic E-state index is 12.0. The summed E-state index contributed by atoms with van der Waals surface area (Å²) in [5.74, 6) is -1.57. The average molecular weight is 368 g/mol. The number of carbonyl (C=O) groups is 2. The number of phenols is 1. The lowest BCUT2D eigenvalue weighted by Crippen LogP contribution is -2.61. The zero-order valence-corrected chi connectivity index (χ0v) is 13.9. The maximum Gasteiger partial charge on any atom is 0.331 e. The van der Waals surface area contributed by atoms with Crippen LogP contribution in [0.4, 0.5) is 0 Å². The summed E-state index contributed by atoms with van der Waals surface area (Å²) >= 11 is 0. The molecule has 2 rings (SSSR count). The summed E-state index contributed by atoms with van der Waals surface area (Å²) in [6.45, 7) is 0.462. The Kier molecular flexibility index (Phi) is 6.70. The van der Waals surface area contributed by atoms with Crippen molar-refractivity contribution in [1.29, 1.82) is 0 Å². The molecule has 142 valence electrons. The van der Waals surface area contributed by atoms with Gasteiger partial charge in [-0.15, -0.1) is 0 Å². The zero-order valence-electron chi connectivity index (χ0n) is 13.9. The van der Waals surface area contributed by atoms with Crippen molar-refractivity contribution in [3.63, 3.8) is 0 Å². The first-order valence-electron chi connectivity index (χ1n) is 7.79. The standard InChI is InChI=1S/C17H20O9/c1-9(19)24-15-14(22)12(8-18)25-17(23)16(15)26-13(21)7-4-10-2-5-11(20)6-3-10/h2-7,12,14-18,20,22-23H,8H2,1H3/t12-,14-,15-,16+,17-/m0/s1. The molecule has 0 aromatic heterocycles. The van der Waals surface area contributed by atoms with E-state index in [0.717, 1.165) is 13.0 Å². The molecule has 0 aliphatic carbocycles. The number of hydrogen-bond donors (Lipinski definition) is 4. The summed E-state index contributed by atoms with van der Waals surface area (Å²) in [7, 11) is 0. The van der Waals surface area contributed by atoms with Gasteiger partial charge in [0.05, 0.1) is 6.61 Å². The highest BCUT2D eigenvalue weighted by atomic mass is 16.7. The molecule has 9 heteroatoms. The molecule has 0 amide bonds. The van der Waals surface area contributed by atoms with Gasteiger partial charge in [0, 0.05) is 13.0 Å². The molecule has 26 heavy (non-hydrogen) atoms. The third-order valence-electron chi connectivity index (χ3n) is 3.68. The van der Waals surface area contributed by atoms with E-state index in [4.69, 9.17) is 19.3 Å². The summed E-state index contributed by atoms with van der Waals surface area (Å²) in [5, 5.41) is 38.4. The average Bonchev–Trinajstić information content (AvgIpc) is 2.60. The molecule has 1 saturated heterocycles. The van der Waals surface area contributed by atoms with Gasteiger partial charge < -0.3 is 34.6 Å². The number of rotatable bonds is 5. The summed E-state index contributed by atoms with van der Waals surface area (Å²) in [4.78, 5) is 23.2. The van der Waals surface area contributed by atoms with Crippen LogP contribution in [0.5, 0.6) is 5.75 Å². The minimum Gasteiger partial charge on any atom is -0.508 e. The van der Waals surface area contributed by atoms with E-state index < -0.39 is 49.3 Å². The number of hydrogen-bond acceptors (Lipinski definition) is 9. The molecule has 0 radical (unpaired) electrons. The van der Waals surface area contributed by atoms with E-state index in [1.807, 2.05) is 0 Å². The maximum absolute atomic E-state index is 12.0. The van der Waals surface area contributed by atoms with Gasteiger partial charge in [-0.05, 0) is 23.8 Å². The van der Waals surface area contributed by atoms with E-state index in [-0.39, 0.29) is 5.75 Å². The first-order valence-corrected chi connectivity index (χ1v) is 7.79. The normalized spacial score (nSPS) is 28.7. The fourth-order valence-corrected chi connectivity index (χ4v) is 2.43. The molecule has 9 nitrogen and oxygen atoms in total.